The van der Waals surface area contributed by atoms with Gasteiger partial charge in [-0.3, -0.25) is 0 Å². The quantitative estimate of drug-likeness (QED) is 0.630. The van der Waals surface area contributed by atoms with E-state index in [1.54, 1.807) is 18.1 Å². The fourth-order valence-corrected chi connectivity index (χ4v) is 1.92. The van der Waals surface area contributed by atoms with Crippen LogP contribution in [0.25, 0.3) is 6.08 Å². The number of methoxy groups -OCH3 is 1. The van der Waals surface area contributed by atoms with Gasteiger partial charge in [-0.25, -0.2) is 4.98 Å². The van der Waals surface area contributed by atoms with Gasteiger partial charge in [0.15, 0.2) is 5.75 Å². The molecule has 2 rings (SSSR count). The predicted octanol–water partition coefficient (Wildman–Crippen LogP) is 2.87. The standard InChI is InChI=1S/C14H19BFNO3/c1-13(2)14(3,4)20-15(19-13)8-6-10-7-9-17-12(16)11(10)18-5/h6-9H,1-5H3/b8-6+. The molecular formula is C14H19BFNO3. The molecule has 0 saturated carbocycles. The molecule has 0 radical (unpaired) electrons. The first-order valence-corrected chi connectivity index (χ1v) is 6.49. The Hall–Kier alpha value is -1.40. The lowest BCUT2D eigenvalue weighted by atomic mass is 9.89. The summed E-state index contributed by atoms with van der Waals surface area (Å²) in [6.45, 7) is 7.92. The van der Waals surface area contributed by atoms with Crippen LogP contribution in [0.5, 0.6) is 5.75 Å². The second-order valence-electron chi connectivity index (χ2n) is 5.71. The van der Waals surface area contributed by atoms with Gasteiger partial charge < -0.3 is 14.0 Å². The van der Waals surface area contributed by atoms with Crippen molar-refractivity contribution in [3.8, 4) is 5.75 Å². The second-order valence-corrected chi connectivity index (χ2v) is 5.71. The van der Waals surface area contributed by atoms with Gasteiger partial charge in [-0.1, -0.05) is 12.1 Å². The van der Waals surface area contributed by atoms with Crippen molar-refractivity contribution in [1.29, 1.82) is 0 Å². The van der Waals surface area contributed by atoms with Crippen LogP contribution < -0.4 is 4.74 Å². The van der Waals surface area contributed by atoms with Gasteiger partial charge >= 0.3 is 7.12 Å². The van der Waals surface area contributed by atoms with Gasteiger partial charge in [-0.05, 0) is 33.8 Å². The Bertz CT molecular complexity index is 515. The number of hydrogen-bond acceptors (Lipinski definition) is 4. The highest BCUT2D eigenvalue weighted by molar-refractivity contribution is 6.52. The summed E-state index contributed by atoms with van der Waals surface area (Å²) in [6.07, 6.45) is 3.10. The van der Waals surface area contributed by atoms with Crippen LogP contribution in [0.15, 0.2) is 18.2 Å². The number of aromatic nitrogens is 1. The number of hydrogen-bond donors (Lipinski definition) is 0. The summed E-state index contributed by atoms with van der Waals surface area (Å²) in [6, 6.07) is 1.67. The van der Waals surface area contributed by atoms with Crippen LogP contribution in [0.4, 0.5) is 4.39 Å². The molecule has 2 heterocycles. The highest BCUT2D eigenvalue weighted by atomic mass is 19.1. The SMILES string of the molecule is COc1c(/C=C/B2OC(C)(C)C(C)(C)O2)ccnc1F. The maximum absolute atomic E-state index is 13.5. The van der Waals surface area contributed by atoms with E-state index in [4.69, 9.17) is 14.0 Å². The zero-order valence-corrected chi connectivity index (χ0v) is 12.4. The molecule has 1 aliphatic heterocycles. The Balaban J connectivity index is 2.18. The fourth-order valence-electron chi connectivity index (χ4n) is 1.92. The van der Waals surface area contributed by atoms with E-state index >= 15 is 0 Å². The van der Waals surface area contributed by atoms with Gasteiger partial charge in [-0.2, -0.15) is 4.39 Å². The molecule has 0 amide bonds. The fraction of sp³-hybridized carbons (Fsp3) is 0.500. The van der Waals surface area contributed by atoms with Crippen LogP contribution in [-0.2, 0) is 9.31 Å². The lowest BCUT2D eigenvalue weighted by Gasteiger charge is -2.32. The maximum Gasteiger partial charge on any atom is 0.487 e. The summed E-state index contributed by atoms with van der Waals surface area (Å²) in [5, 5.41) is 0. The number of pyridine rings is 1. The highest BCUT2D eigenvalue weighted by Gasteiger charge is 2.50. The van der Waals surface area contributed by atoms with Gasteiger partial charge in [0.1, 0.15) is 0 Å². The molecule has 0 atom stereocenters. The normalized spacial score (nSPS) is 20.6. The van der Waals surface area contributed by atoms with Crippen molar-refractivity contribution in [2.24, 2.45) is 0 Å². The molecule has 0 bridgehead atoms. The molecule has 0 spiro atoms. The maximum atomic E-state index is 13.5. The van der Waals surface area contributed by atoms with Crippen molar-refractivity contribution in [2.75, 3.05) is 7.11 Å². The van der Waals surface area contributed by atoms with Crippen molar-refractivity contribution in [2.45, 2.75) is 38.9 Å². The van der Waals surface area contributed by atoms with Crippen molar-refractivity contribution in [3.63, 3.8) is 0 Å². The van der Waals surface area contributed by atoms with Crippen LogP contribution in [0.1, 0.15) is 33.3 Å². The van der Waals surface area contributed by atoms with E-state index in [0.29, 0.717) is 5.56 Å². The Morgan fingerprint density at radius 2 is 1.85 bits per heavy atom. The number of nitrogens with zero attached hydrogens (tertiary/aromatic N) is 1. The van der Waals surface area contributed by atoms with Crippen LogP contribution in [0.3, 0.4) is 0 Å². The van der Waals surface area contributed by atoms with Crippen molar-refractivity contribution < 1.29 is 18.4 Å². The summed E-state index contributed by atoms with van der Waals surface area (Å²) < 4.78 is 30.1. The first-order valence-electron chi connectivity index (χ1n) is 6.49. The Labute approximate surface area is 119 Å². The minimum absolute atomic E-state index is 0.111. The molecule has 6 heteroatoms. The van der Waals surface area contributed by atoms with Gasteiger partial charge in [0.2, 0.25) is 0 Å². The van der Waals surface area contributed by atoms with Crippen LogP contribution >= 0.6 is 0 Å². The number of rotatable bonds is 3. The highest BCUT2D eigenvalue weighted by Crippen LogP contribution is 2.37. The average molecular weight is 279 g/mol. The largest absolute Gasteiger partial charge is 0.491 e. The average Bonchev–Trinajstić information content (AvgIpc) is 2.55. The molecule has 20 heavy (non-hydrogen) atoms. The molecule has 0 unspecified atom stereocenters. The van der Waals surface area contributed by atoms with Crippen molar-refractivity contribution >= 4 is 13.2 Å². The van der Waals surface area contributed by atoms with Gasteiger partial charge in [0, 0.05) is 11.8 Å². The first-order chi connectivity index (χ1) is 9.27. The molecule has 0 N–H and O–H groups in total. The van der Waals surface area contributed by atoms with Crippen LogP contribution in [0.2, 0.25) is 0 Å². The van der Waals surface area contributed by atoms with E-state index < -0.39 is 24.3 Å². The Morgan fingerprint density at radius 3 is 2.40 bits per heavy atom. The van der Waals surface area contributed by atoms with E-state index in [9.17, 15) is 4.39 Å². The molecule has 1 aliphatic rings. The summed E-state index contributed by atoms with van der Waals surface area (Å²) in [5.41, 5.74) is -0.194. The number of ether oxygens (including phenoxy) is 1. The molecule has 108 valence electrons. The van der Waals surface area contributed by atoms with Gasteiger partial charge in [0.05, 0.1) is 18.3 Å². The Kier molecular flexibility index (Phi) is 3.89. The minimum Gasteiger partial charge on any atom is -0.491 e. The van der Waals surface area contributed by atoms with Gasteiger partial charge in [-0.15, -0.1) is 0 Å². The molecule has 1 aromatic rings. The topological polar surface area (TPSA) is 40.6 Å². The monoisotopic (exact) mass is 279 g/mol. The molecular weight excluding hydrogens is 260 g/mol. The van der Waals surface area contributed by atoms with E-state index in [1.807, 2.05) is 27.7 Å². The molecule has 4 nitrogen and oxygen atoms in total. The molecule has 0 aromatic carbocycles. The van der Waals surface area contributed by atoms with Gasteiger partial charge in [0.25, 0.3) is 5.95 Å². The number of halogens is 1. The van der Waals surface area contributed by atoms with E-state index in [2.05, 4.69) is 4.98 Å². The predicted molar refractivity (Wildman–Crippen MR) is 75.9 cm³/mol. The molecule has 1 fully saturated rings. The van der Waals surface area contributed by atoms with Crippen LogP contribution in [0, 0.1) is 5.95 Å². The molecule has 0 aliphatic carbocycles. The molecule has 1 saturated heterocycles. The lowest BCUT2D eigenvalue weighted by Crippen LogP contribution is -2.41. The second kappa shape index (κ2) is 5.18. The first kappa shape index (κ1) is 15.0. The van der Waals surface area contributed by atoms with Crippen LogP contribution in [-0.4, -0.2) is 30.4 Å². The zero-order valence-electron chi connectivity index (χ0n) is 12.4. The third-order valence-corrected chi connectivity index (χ3v) is 3.80. The van der Waals surface area contributed by atoms with Crippen molar-refractivity contribution in [1.82, 2.24) is 4.98 Å². The summed E-state index contributed by atoms with van der Waals surface area (Å²) in [7, 11) is 0.938. The summed E-state index contributed by atoms with van der Waals surface area (Å²) in [4.78, 5) is 3.55. The van der Waals surface area contributed by atoms with E-state index in [-0.39, 0.29) is 5.75 Å². The van der Waals surface area contributed by atoms with E-state index in [1.165, 1.54) is 13.3 Å². The molecule has 1 aromatic heterocycles. The Morgan fingerprint density at radius 1 is 1.25 bits per heavy atom. The third-order valence-electron chi connectivity index (χ3n) is 3.80. The van der Waals surface area contributed by atoms with Crippen molar-refractivity contribution in [3.05, 3.63) is 29.7 Å². The minimum atomic E-state index is -0.636. The summed E-state index contributed by atoms with van der Waals surface area (Å²) >= 11 is 0. The zero-order chi connectivity index (χ0) is 15.0. The smallest absolute Gasteiger partial charge is 0.487 e. The lowest BCUT2D eigenvalue weighted by molar-refractivity contribution is 0.00578. The summed E-state index contributed by atoms with van der Waals surface area (Å²) in [5.74, 6) is 1.22. The van der Waals surface area contributed by atoms with E-state index in [0.717, 1.165) is 0 Å². The third kappa shape index (κ3) is 2.71.